The minimum Gasteiger partial charge on any atom is -0.380 e. The van der Waals surface area contributed by atoms with Gasteiger partial charge in [0.2, 0.25) is 0 Å². The van der Waals surface area contributed by atoms with E-state index in [1.807, 2.05) is 0 Å². The van der Waals surface area contributed by atoms with Crippen molar-refractivity contribution in [1.29, 1.82) is 0 Å². The maximum Gasteiger partial charge on any atom is 0.0588 e. The van der Waals surface area contributed by atoms with Crippen LogP contribution in [0.2, 0.25) is 0 Å². The summed E-state index contributed by atoms with van der Waals surface area (Å²) in [6.45, 7) is 4.58. The summed E-state index contributed by atoms with van der Waals surface area (Å²) in [4.78, 5) is 0. The summed E-state index contributed by atoms with van der Waals surface area (Å²) in [5.41, 5.74) is 5.43. The Hall–Kier alpha value is -0.0800. The fraction of sp³-hybridized carbons (Fsp3) is 1.00. The van der Waals surface area contributed by atoms with Gasteiger partial charge in [-0.25, -0.2) is 0 Å². The van der Waals surface area contributed by atoms with Crippen LogP contribution in [-0.2, 0) is 4.74 Å². The lowest BCUT2D eigenvalue weighted by molar-refractivity contribution is 0.137. The molecule has 0 aromatic heterocycles. The predicted octanol–water partition coefficient (Wildman–Crippen LogP) is 14.8. The molecule has 0 spiro atoms. The summed E-state index contributed by atoms with van der Waals surface area (Å²) in [5.74, 6) is 0. The molecule has 2 nitrogen and oxygen atoms in total. The molecule has 0 aromatic carbocycles. The molecule has 2 N–H and O–H groups in total. The molecule has 0 unspecified atom stereocenters. The highest BCUT2D eigenvalue weighted by Crippen LogP contribution is 2.17. The Morgan fingerprint density at radius 3 is 0.614 bits per heavy atom. The highest BCUT2D eigenvalue weighted by atomic mass is 16.5. The van der Waals surface area contributed by atoms with Crippen LogP contribution in [0, 0.1) is 0 Å². The molecule has 0 saturated carbocycles. The van der Waals surface area contributed by atoms with E-state index < -0.39 is 0 Å². The normalized spacial score (nSPS) is 11.6. The largest absolute Gasteiger partial charge is 0.380 e. The average molecular weight is 622 g/mol. The minimum atomic E-state index is 0.653. The van der Waals surface area contributed by atoms with Gasteiger partial charge in [0.15, 0.2) is 0 Å². The SMILES string of the molecule is CCCCCCCCCCCCCCCCCCCCCCCCCCCCCCCCCCCCCCCCOCCN. The Labute approximate surface area is 280 Å². The number of nitrogens with two attached hydrogens (primary N) is 1. The first-order chi connectivity index (χ1) is 21.9. The fourth-order valence-electron chi connectivity index (χ4n) is 6.83. The molecule has 0 bridgehead atoms. The molecule has 0 aliphatic carbocycles. The van der Waals surface area contributed by atoms with E-state index in [9.17, 15) is 0 Å². The van der Waals surface area contributed by atoms with Crippen molar-refractivity contribution >= 4 is 0 Å². The molecular formula is C42H87NO. The maximum absolute atomic E-state index is 5.43. The van der Waals surface area contributed by atoms with Crippen molar-refractivity contribution in [2.75, 3.05) is 19.8 Å². The van der Waals surface area contributed by atoms with Crippen LogP contribution in [0.1, 0.15) is 251 Å². The molecule has 2 heteroatoms. The van der Waals surface area contributed by atoms with Crippen LogP contribution < -0.4 is 5.73 Å². The molecule has 266 valence electrons. The van der Waals surface area contributed by atoms with Crippen molar-refractivity contribution in [3.8, 4) is 0 Å². The summed E-state index contributed by atoms with van der Waals surface area (Å²) in [5, 5.41) is 0. The van der Waals surface area contributed by atoms with E-state index in [1.165, 1.54) is 244 Å². The van der Waals surface area contributed by atoms with Crippen LogP contribution in [-0.4, -0.2) is 19.8 Å². The molecular weight excluding hydrogens is 534 g/mol. The third-order valence-electron chi connectivity index (χ3n) is 9.90. The molecule has 0 amide bonds. The second kappa shape index (κ2) is 42.9. The van der Waals surface area contributed by atoms with Crippen LogP contribution in [0.3, 0.4) is 0 Å². The summed E-state index contributed by atoms with van der Waals surface area (Å²) < 4.78 is 5.43. The Morgan fingerprint density at radius 2 is 0.432 bits per heavy atom. The highest BCUT2D eigenvalue weighted by Gasteiger charge is 1.98. The number of hydrogen-bond donors (Lipinski definition) is 1. The molecule has 0 fully saturated rings. The summed E-state index contributed by atoms with van der Waals surface area (Å²) in [6.07, 6.45) is 55.6. The van der Waals surface area contributed by atoms with E-state index in [1.54, 1.807) is 0 Å². The zero-order valence-electron chi connectivity index (χ0n) is 31.0. The second-order valence-corrected chi connectivity index (χ2v) is 14.5. The van der Waals surface area contributed by atoms with Gasteiger partial charge in [-0.05, 0) is 6.42 Å². The van der Waals surface area contributed by atoms with Gasteiger partial charge in [0.1, 0.15) is 0 Å². The molecule has 0 heterocycles. The third-order valence-corrected chi connectivity index (χ3v) is 9.90. The second-order valence-electron chi connectivity index (χ2n) is 14.5. The lowest BCUT2D eigenvalue weighted by atomic mass is 10.0. The molecule has 0 aliphatic heterocycles. The Morgan fingerprint density at radius 1 is 0.250 bits per heavy atom. The van der Waals surface area contributed by atoms with Crippen LogP contribution in [0.15, 0.2) is 0 Å². The first kappa shape index (κ1) is 43.9. The standard InChI is InChI=1S/C42H87NO/c1-2-3-4-5-6-7-8-9-10-11-12-13-14-15-16-17-18-19-20-21-22-23-24-25-26-27-28-29-30-31-32-33-34-35-36-37-38-39-41-44-42-40-43/h2-43H2,1H3. The molecule has 0 radical (unpaired) electrons. The molecule has 0 atom stereocenters. The highest BCUT2D eigenvalue weighted by molar-refractivity contribution is 4.53. The van der Waals surface area contributed by atoms with Gasteiger partial charge >= 0.3 is 0 Å². The van der Waals surface area contributed by atoms with E-state index in [0.717, 1.165) is 13.2 Å². The smallest absolute Gasteiger partial charge is 0.0588 e. The van der Waals surface area contributed by atoms with Crippen LogP contribution in [0.5, 0.6) is 0 Å². The Kier molecular flexibility index (Phi) is 42.8. The average Bonchev–Trinajstić information content (AvgIpc) is 3.04. The zero-order valence-corrected chi connectivity index (χ0v) is 31.0. The van der Waals surface area contributed by atoms with Gasteiger partial charge in [-0.2, -0.15) is 0 Å². The van der Waals surface area contributed by atoms with Gasteiger partial charge in [0.25, 0.3) is 0 Å². The van der Waals surface area contributed by atoms with Crippen LogP contribution in [0.4, 0.5) is 0 Å². The Balaban J connectivity index is 3.03. The lowest BCUT2D eigenvalue weighted by Gasteiger charge is -2.05. The van der Waals surface area contributed by atoms with E-state index in [4.69, 9.17) is 10.5 Å². The quantitative estimate of drug-likeness (QED) is 0.0689. The third kappa shape index (κ3) is 41.9. The number of hydrogen-bond acceptors (Lipinski definition) is 2. The summed E-state index contributed by atoms with van der Waals surface area (Å²) >= 11 is 0. The lowest BCUT2D eigenvalue weighted by Crippen LogP contribution is -2.08. The van der Waals surface area contributed by atoms with Crippen molar-refractivity contribution < 1.29 is 4.74 Å². The first-order valence-electron chi connectivity index (χ1n) is 21.2. The minimum absolute atomic E-state index is 0.653. The van der Waals surface area contributed by atoms with E-state index in [2.05, 4.69) is 6.92 Å². The zero-order chi connectivity index (χ0) is 31.7. The van der Waals surface area contributed by atoms with E-state index in [-0.39, 0.29) is 0 Å². The van der Waals surface area contributed by atoms with Crippen molar-refractivity contribution in [3.05, 3.63) is 0 Å². The fourth-order valence-corrected chi connectivity index (χ4v) is 6.83. The molecule has 0 rings (SSSR count). The monoisotopic (exact) mass is 622 g/mol. The molecule has 0 saturated heterocycles. The predicted molar refractivity (Wildman–Crippen MR) is 201 cm³/mol. The first-order valence-corrected chi connectivity index (χ1v) is 21.2. The van der Waals surface area contributed by atoms with Gasteiger partial charge < -0.3 is 10.5 Å². The van der Waals surface area contributed by atoms with Crippen LogP contribution in [0.25, 0.3) is 0 Å². The van der Waals surface area contributed by atoms with Crippen molar-refractivity contribution in [1.82, 2.24) is 0 Å². The van der Waals surface area contributed by atoms with Gasteiger partial charge in [-0.1, -0.05) is 244 Å². The molecule has 44 heavy (non-hydrogen) atoms. The van der Waals surface area contributed by atoms with Gasteiger partial charge in [0, 0.05) is 13.2 Å². The van der Waals surface area contributed by atoms with Crippen molar-refractivity contribution in [2.24, 2.45) is 5.73 Å². The number of unbranched alkanes of at least 4 members (excludes halogenated alkanes) is 37. The van der Waals surface area contributed by atoms with Gasteiger partial charge in [-0.3, -0.25) is 0 Å². The van der Waals surface area contributed by atoms with Crippen molar-refractivity contribution in [2.45, 2.75) is 251 Å². The number of ether oxygens (including phenoxy) is 1. The van der Waals surface area contributed by atoms with Crippen LogP contribution >= 0.6 is 0 Å². The molecule has 0 aromatic rings. The Bertz CT molecular complexity index is 425. The van der Waals surface area contributed by atoms with E-state index in [0.29, 0.717) is 6.54 Å². The molecule has 0 aliphatic rings. The van der Waals surface area contributed by atoms with Gasteiger partial charge in [-0.15, -0.1) is 0 Å². The summed E-state index contributed by atoms with van der Waals surface area (Å²) in [7, 11) is 0. The topological polar surface area (TPSA) is 35.2 Å². The summed E-state index contributed by atoms with van der Waals surface area (Å²) in [6, 6.07) is 0. The van der Waals surface area contributed by atoms with E-state index >= 15 is 0 Å². The van der Waals surface area contributed by atoms with Crippen molar-refractivity contribution in [3.63, 3.8) is 0 Å². The number of rotatable bonds is 41. The maximum atomic E-state index is 5.43. The van der Waals surface area contributed by atoms with Gasteiger partial charge in [0.05, 0.1) is 6.61 Å².